The second-order valence-corrected chi connectivity index (χ2v) is 7.79. The fourth-order valence-corrected chi connectivity index (χ4v) is 4.29. The van der Waals surface area contributed by atoms with Gasteiger partial charge in [0.15, 0.2) is 0 Å². The van der Waals surface area contributed by atoms with Crippen LogP contribution in [0.5, 0.6) is 11.5 Å². The van der Waals surface area contributed by atoms with Gasteiger partial charge in [0.25, 0.3) is 0 Å². The molecule has 1 amide bonds. The van der Waals surface area contributed by atoms with Gasteiger partial charge in [0.05, 0.1) is 46.5 Å². The summed E-state index contributed by atoms with van der Waals surface area (Å²) in [4.78, 5) is 14.3. The number of rotatable bonds is 8. The van der Waals surface area contributed by atoms with Gasteiger partial charge in [-0.1, -0.05) is 0 Å². The van der Waals surface area contributed by atoms with Crippen LogP contribution in [-0.2, 0) is 11.2 Å². The first-order valence-electron chi connectivity index (χ1n) is 10.5. The maximum absolute atomic E-state index is 12.7. The standard InChI is InChI=1S/C24H28N2O4/c1-28-19-7-5-17(6-8-19)22(26-11-3-4-12-26)15-25-24(27)13-18-16-30-23-14-20(29-2)9-10-21(18)23/h5-10,14,16,22H,3-4,11-13,15H2,1-2H3,(H,25,27)/p+1/t22-/m1/s1. The third kappa shape index (κ3) is 4.44. The smallest absolute Gasteiger partial charge is 0.224 e. The summed E-state index contributed by atoms with van der Waals surface area (Å²) in [6.07, 6.45) is 4.43. The van der Waals surface area contributed by atoms with Crippen LogP contribution in [-0.4, -0.2) is 39.8 Å². The number of furan rings is 1. The van der Waals surface area contributed by atoms with Crippen molar-refractivity contribution in [2.75, 3.05) is 33.9 Å². The molecule has 1 atom stereocenters. The summed E-state index contributed by atoms with van der Waals surface area (Å²) < 4.78 is 16.1. The maximum Gasteiger partial charge on any atom is 0.224 e. The molecule has 3 aromatic rings. The minimum absolute atomic E-state index is 0.00521. The van der Waals surface area contributed by atoms with Gasteiger partial charge in [-0.25, -0.2) is 0 Å². The molecule has 30 heavy (non-hydrogen) atoms. The number of carbonyl (C=O) groups is 1. The summed E-state index contributed by atoms with van der Waals surface area (Å²) in [6, 6.07) is 14.1. The first-order valence-corrected chi connectivity index (χ1v) is 10.5. The molecule has 4 rings (SSSR count). The number of ether oxygens (including phenoxy) is 2. The van der Waals surface area contributed by atoms with Gasteiger partial charge < -0.3 is 24.1 Å². The zero-order chi connectivity index (χ0) is 20.9. The van der Waals surface area contributed by atoms with Crippen LogP contribution in [0.15, 0.2) is 53.1 Å². The molecular weight excluding hydrogens is 380 g/mol. The van der Waals surface area contributed by atoms with Crippen molar-refractivity contribution in [3.63, 3.8) is 0 Å². The number of hydrogen-bond acceptors (Lipinski definition) is 4. The van der Waals surface area contributed by atoms with Crippen molar-refractivity contribution < 1.29 is 23.6 Å². The van der Waals surface area contributed by atoms with Gasteiger partial charge in [-0.05, 0) is 36.4 Å². The van der Waals surface area contributed by atoms with E-state index in [1.165, 1.54) is 23.3 Å². The van der Waals surface area contributed by atoms with Crippen LogP contribution in [0.1, 0.15) is 30.0 Å². The van der Waals surface area contributed by atoms with Gasteiger partial charge in [-0.2, -0.15) is 0 Å². The highest BCUT2D eigenvalue weighted by molar-refractivity contribution is 5.88. The summed E-state index contributed by atoms with van der Waals surface area (Å²) in [5.74, 6) is 1.59. The Morgan fingerprint density at radius 1 is 1.07 bits per heavy atom. The van der Waals surface area contributed by atoms with Crippen LogP contribution in [0.3, 0.4) is 0 Å². The van der Waals surface area contributed by atoms with Crippen LogP contribution in [0, 0.1) is 0 Å². The predicted molar refractivity (Wildman–Crippen MR) is 115 cm³/mol. The lowest BCUT2D eigenvalue weighted by Crippen LogP contribution is -3.11. The third-order valence-electron chi connectivity index (χ3n) is 5.97. The topological polar surface area (TPSA) is 65.1 Å². The number of amides is 1. The SMILES string of the molecule is COc1ccc([C@@H](CNC(=O)Cc2coc3cc(OC)ccc23)[NH+]2CCCC2)cc1. The van der Waals surface area contributed by atoms with Crippen LogP contribution in [0.4, 0.5) is 0 Å². The molecule has 0 radical (unpaired) electrons. The molecule has 1 aliphatic rings. The first kappa shape index (κ1) is 20.3. The van der Waals surface area contributed by atoms with E-state index in [1.807, 2.05) is 30.3 Å². The van der Waals surface area contributed by atoms with E-state index >= 15 is 0 Å². The van der Waals surface area contributed by atoms with Crippen LogP contribution in [0.2, 0.25) is 0 Å². The van der Waals surface area contributed by atoms with Crippen molar-refractivity contribution in [2.24, 2.45) is 0 Å². The molecule has 0 bridgehead atoms. The Bertz CT molecular complexity index is 990. The molecule has 2 aromatic carbocycles. The van der Waals surface area contributed by atoms with E-state index < -0.39 is 0 Å². The molecule has 6 nitrogen and oxygen atoms in total. The number of likely N-dealkylation sites (tertiary alicyclic amines) is 1. The molecule has 158 valence electrons. The van der Waals surface area contributed by atoms with Crippen molar-refractivity contribution in [3.05, 3.63) is 59.9 Å². The van der Waals surface area contributed by atoms with Crippen molar-refractivity contribution in [2.45, 2.75) is 25.3 Å². The molecule has 6 heteroatoms. The van der Waals surface area contributed by atoms with Crippen molar-refractivity contribution in [1.82, 2.24) is 5.32 Å². The average Bonchev–Trinajstić information content (AvgIpc) is 3.44. The number of quaternary nitrogens is 1. The molecule has 1 aromatic heterocycles. The number of carbonyl (C=O) groups excluding carboxylic acids is 1. The highest BCUT2D eigenvalue weighted by atomic mass is 16.5. The number of fused-ring (bicyclic) bond motifs is 1. The molecule has 0 saturated carbocycles. The molecule has 2 heterocycles. The van der Waals surface area contributed by atoms with Gasteiger partial charge >= 0.3 is 0 Å². The summed E-state index contributed by atoms with van der Waals surface area (Å²) in [5.41, 5.74) is 2.85. The average molecular weight is 410 g/mol. The number of benzene rings is 2. The Morgan fingerprint density at radius 2 is 1.77 bits per heavy atom. The monoisotopic (exact) mass is 409 g/mol. The van der Waals surface area contributed by atoms with Crippen LogP contribution >= 0.6 is 0 Å². The fourth-order valence-electron chi connectivity index (χ4n) is 4.29. The lowest BCUT2D eigenvalue weighted by Gasteiger charge is -2.25. The molecule has 2 N–H and O–H groups in total. The molecule has 1 saturated heterocycles. The zero-order valence-electron chi connectivity index (χ0n) is 17.6. The highest BCUT2D eigenvalue weighted by Crippen LogP contribution is 2.26. The quantitative estimate of drug-likeness (QED) is 0.600. The van der Waals surface area contributed by atoms with E-state index in [4.69, 9.17) is 13.9 Å². The maximum atomic E-state index is 12.7. The molecule has 1 fully saturated rings. The summed E-state index contributed by atoms with van der Waals surface area (Å²) >= 11 is 0. The lowest BCUT2D eigenvalue weighted by atomic mass is 10.0. The molecule has 0 aliphatic carbocycles. The van der Waals surface area contributed by atoms with E-state index in [-0.39, 0.29) is 11.9 Å². The summed E-state index contributed by atoms with van der Waals surface area (Å²) in [7, 11) is 3.30. The summed E-state index contributed by atoms with van der Waals surface area (Å²) in [5, 5.41) is 4.10. The van der Waals surface area contributed by atoms with E-state index in [1.54, 1.807) is 20.5 Å². The second kappa shape index (κ2) is 9.22. The Kier molecular flexibility index (Phi) is 6.23. The van der Waals surface area contributed by atoms with Crippen molar-refractivity contribution in [1.29, 1.82) is 0 Å². The third-order valence-corrected chi connectivity index (χ3v) is 5.97. The van der Waals surface area contributed by atoms with Gasteiger partial charge in [-0.15, -0.1) is 0 Å². The minimum Gasteiger partial charge on any atom is -0.497 e. The number of methoxy groups -OCH3 is 2. The Balaban J connectivity index is 1.43. The van der Waals surface area contributed by atoms with E-state index in [9.17, 15) is 4.79 Å². The highest BCUT2D eigenvalue weighted by Gasteiger charge is 2.28. The first-order chi connectivity index (χ1) is 14.7. The summed E-state index contributed by atoms with van der Waals surface area (Å²) in [6.45, 7) is 2.89. The zero-order valence-corrected chi connectivity index (χ0v) is 17.6. The van der Waals surface area contributed by atoms with Crippen LogP contribution < -0.4 is 19.7 Å². The van der Waals surface area contributed by atoms with E-state index in [0.717, 1.165) is 41.1 Å². The van der Waals surface area contributed by atoms with E-state index in [0.29, 0.717) is 13.0 Å². The molecule has 1 aliphatic heterocycles. The van der Waals surface area contributed by atoms with Gasteiger partial charge in [0.2, 0.25) is 5.91 Å². The van der Waals surface area contributed by atoms with Gasteiger partial charge in [0.1, 0.15) is 23.1 Å². The molecule has 0 unspecified atom stereocenters. The number of nitrogens with one attached hydrogen (secondary N) is 2. The Hall–Kier alpha value is -2.99. The minimum atomic E-state index is 0.00521. The lowest BCUT2D eigenvalue weighted by molar-refractivity contribution is -0.918. The van der Waals surface area contributed by atoms with Crippen LogP contribution in [0.25, 0.3) is 11.0 Å². The van der Waals surface area contributed by atoms with Gasteiger partial charge in [-0.3, -0.25) is 4.79 Å². The Morgan fingerprint density at radius 3 is 2.47 bits per heavy atom. The largest absolute Gasteiger partial charge is 0.497 e. The fraction of sp³-hybridized carbons (Fsp3) is 0.375. The second-order valence-electron chi connectivity index (χ2n) is 7.79. The van der Waals surface area contributed by atoms with Crippen molar-refractivity contribution in [3.8, 4) is 11.5 Å². The Labute approximate surface area is 176 Å². The molecular formula is C24H29N2O4+. The van der Waals surface area contributed by atoms with E-state index in [2.05, 4.69) is 17.4 Å². The van der Waals surface area contributed by atoms with Crippen molar-refractivity contribution >= 4 is 16.9 Å². The van der Waals surface area contributed by atoms with Gasteiger partial charge in [0, 0.05) is 35.4 Å². The normalized spacial score (nSPS) is 15.3. The predicted octanol–water partition coefficient (Wildman–Crippen LogP) is 2.53. The number of hydrogen-bond donors (Lipinski definition) is 2. The molecule has 0 spiro atoms.